The molecule has 0 spiro atoms. The maximum Gasteiger partial charge on any atom is 0.285 e. The molecule has 0 fully saturated rings. The van der Waals surface area contributed by atoms with Crippen LogP contribution < -0.4 is 14.8 Å². The van der Waals surface area contributed by atoms with Crippen LogP contribution in [0, 0.1) is 10.1 Å². The van der Waals surface area contributed by atoms with E-state index in [0.717, 1.165) is 11.1 Å². The van der Waals surface area contributed by atoms with E-state index in [9.17, 15) is 14.9 Å². The molecule has 148 valence electrons. The van der Waals surface area contributed by atoms with Crippen molar-refractivity contribution in [1.82, 2.24) is 0 Å². The Morgan fingerprint density at radius 1 is 1.03 bits per heavy atom. The highest BCUT2D eigenvalue weighted by atomic mass is 79.9. The predicted molar refractivity (Wildman–Crippen MR) is 114 cm³/mol. The summed E-state index contributed by atoms with van der Waals surface area (Å²) in [5.74, 6) is 0.893. The maximum atomic E-state index is 12.7. The van der Waals surface area contributed by atoms with E-state index < -0.39 is 10.8 Å². The van der Waals surface area contributed by atoms with Crippen LogP contribution >= 0.6 is 15.9 Å². The largest absolute Gasteiger partial charge is 0.497 e. The lowest BCUT2D eigenvalue weighted by molar-refractivity contribution is -0.385. The third-order valence-corrected chi connectivity index (χ3v) is 4.91. The lowest BCUT2D eigenvalue weighted by Gasteiger charge is -2.12. The number of nitrogens with one attached hydrogen (secondary N) is 1. The highest BCUT2D eigenvalue weighted by Gasteiger charge is 2.16. The number of hydrogen-bond acceptors (Lipinski definition) is 5. The Labute approximate surface area is 175 Å². The van der Waals surface area contributed by atoms with Gasteiger partial charge in [-0.25, -0.2) is 0 Å². The van der Waals surface area contributed by atoms with Crippen molar-refractivity contribution < 1.29 is 19.2 Å². The first-order valence-corrected chi connectivity index (χ1v) is 9.30. The number of rotatable bonds is 6. The van der Waals surface area contributed by atoms with Crippen LogP contribution in [0.2, 0.25) is 0 Å². The number of nitro groups is 1. The molecule has 0 aliphatic rings. The number of methoxy groups -OCH3 is 2. The lowest BCUT2D eigenvalue weighted by Crippen LogP contribution is -2.12. The Balaban J connectivity index is 1.94. The molecular weight excluding hydrogens is 440 g/mol. The minimum absolute atomic E-state index is 0.130. The van der Waals surface area contributed by atoms with Gasteiger partial charge >= 0.3 is 0 Å². The molecule has 0 aliphatic heterocycles. The quantitative estimate of drug-likeness (QED) is 0.401. The Kier molecular flexibility index (Phi) is 6.13. The number of hydrogen-bond donors (Lipinski definition) is 1. The van der Waals surface area contributed by atoms with Gasteiger partial charge in [0.15, 0.2) is 0 Å². The molecule has 0 bridgehead atoms. The molecule has 0 saturated heterocycles. The number of nitrogens with zero attached hydrogens (tertiary/aromatic N) is 1. The van der Waals surface area contributed by atoms with E-state index in [-0.39, 0.29) is 5.69 Å². The van der Waals surface area contributed by atoms with E-state index in [1.54, 1.807) is 38.5 Å². The first-order valence-electron chi connectivity index (χ1n) is 8.50. The van der Waals surface area contributed by atoms with Gasteiger partial charge in [-0.1, -0.05) is 12.1 Å². The van der Waals surface area contributed by atoms with E-state index in [2.05, 4.69) is 21.2 Å². The van der Waals surface area contributed by atoms with Gasteiger partial charge in [-0.15, -0.1) is 0 Å². The van der Waals surface area contributed by atoms with Crippen molar-refractivity contribution in [3.8, 4) is 22.6 Å². The molecule has 0 radical (unpaired) electrons. The SMILES string of the molecule is COc1cccc(-c2cc(C(=O)Nc3ccc(Br)c([N+](=O)[O-])c3)ccc2OC)c1. The molecule has 0 atom stereocenters. The molecule has 0 saturated carbocycles. The van der Waals surface area contributed by atoms with E-state index in [4.69, 9.17) is 9.47 Å². The van der Waals surface area contributed by atoms with Crippen LogP contribution in [0.3, 0.4) is 0 Å². The summed E-state index contributed by atoms with van der Waals surface area (Å²) >= 11 is 3.13. The van der Waals surface area contributed by atoms with Gasteiger partial charge in [0.2, 0.25) is 0 Å². The third-order valence-electron chi connectivity index (χ3n) is 4.24. The Morgan fingerprint density at radius 2 is 1.83 bits per heavy atom. The van der Waals surface area contributed by atoms with Crippen LogP contribution in [0.1, 0.15) is 10.4 Å². The molecule has 1 N–H and O–H groups in total. The maximum absolute atomic E-state index is 12.7. The number of halogens is 1. The first kappa shape index (κ1) is 20.3. The highest BCUT2D eigenvalue weighted by molar-refractivity contribution is 9.10. The smallest absolute Gasteiger partial charge is 0.285 e. The van der Waals surface area contributed by atoms with E-state index in [0.29, 0.717) is 27.2 Å². The van der Waals surface area contributed by atoms with Crippen LogP contribution in [0.5, 0.6) is 11.5 Å². The zero-order valence-electron chi connectivity index (χ0n) is 15.6. The summed E-state index contributed by atoms with van der Waals surface area (Å²) in [7, 11) is 3.14. The summed E-state index contributed by atoms with van der Waals surface area (Å²) < 4.78 is 11.0. The topological polar surface area (TPSA) is 90.7 Å². The van der Waals surface area contributed by atoms with Crippen LogP contribution in [0.4, 0.5) is 11.4 Å². The molecule has 7 nitrogen and oxygen atoms in total. The molecule has 29 heavy (non-hydrogen) atoms. The number of nitro benzene ring substituents is 1. The molecular formula is C21H17BrN2O5. The minimum Gasteiger partial charge on any atom is -0.497 e. The van der Waals surface area contributed by atoms with Crippen molar-refractivity contribution in [2.75, 3.05) is 19.5 Å². The highest BCUT2D eigenvalue weighted by Crippen LogP contribution is 2.33. The minimum atomic E-state index is -0.520. The van der Waals surface area contributed by atoms with Gasteiger partial charge in [-0.3, -0.25) is 14.9 Å². The molecule has 0 unspecified atom stereocenters. The fourth-order valence-electron chi connectivity index (χ4n) is 2.80. The number of amides is 1. The van der Waals surface area contributed by atoms with Crippen LogP contribution in [0.25, 0.3) is 11.1 Å². The molecule has 0 aliphatic carbocycles. The normalized spacial score (nSPS) is 10.3. The molecule has 3 rings (SSSR count). The second kappa shape index (κ2) is 8.74. The summed E-state index contributed by atoms with van der Waals surface area (Å²) in [6.07, 6.45) is 0. The number of carbonyl (C=O) groups is 1. The number of anilines is 1. The number of benzene rings is 3. The Hall–Kier alpha value is -3.39. The molecule has 3 aromatic carbocycles. The average molecular weight is 457 g/mol. The fraction of sp³-hybridized carbons (Fsp3) is 0.0952. The monoisotopic (exact) mass is 456 g/mol. The van der Waals surface area contributed by atoms with Gasteiger partial charge in [0.1, 0.15) is 11.5 Å². The lowest BCUT2D eigenvalue weighted by atomic mass is 10.0. The van der Waals surface area contributed by atoms with Crippen LogP contribution in [0.15, 0.2) is 65.1 Å². The van der Waals surface area contributed by atoms with E-state index in [1.807, 2.05) is 24.3 Å². The van der Waals surface area contributed by atoms with Gasteiger partial charge in [0.05, 0.1) is 23.6 Å². The van der Waals surface area contributed by atoms with Crippen molar-refractivity contribution in [3.05, 3.63) is 80.8 Å². The fourth-order valence-corrected chi connectivity index (χ4v) is 3.19. The van der Waals surface area contributed by atoms with E-state index >= 15 is 0 Å². The molecule has 1 amide bonds. The average Bonchev–Trinajstić information content (AvgIpc) is 2.74. The van der Waals surface area contributed by atoms with Crippen molar-refractivity contribution >= 4 is 33.2 Å². The van der Waals surface area contributed by atoms with Crippen molar-refractivity contribution in [2.24, 2.45) is 0 Å². The summed E-state index contributed by atoms with van der Waals surface area (Å²) in [4.78, 5) is 23.3. The first-order chi connectivity index (χ1) is 13.9. The Morgan fingerprint density at radius 3 is 2.52 bits per heavy atom. The van der Waals surface area contributed by atoms with Gasteiger partial charge in [-0.2, -0.15) is 0 Å². The van der Waals surface area contributed by atoms with Crippen molar-refractivity contribution in [3.63, 3.8) is 0 Å². The molecule has 8 heteroatoms. The van der Waals surface area contributed by atoms with E-state index in [1.165, 1.54) is 12.1 Å². The zero-order chi connectivity index (χ0) is 21.0. The van der Waals surface area contributed by atoms with Crippen molar-refractivity contribution in [2.45, 2.75) is 0 Å². The summed E-state index contributed by atoms with van der Waals surface area (Å²) in [5, 5.41) is 13.8. The second-order valence-electron chi connectivity index (χ2n) is 6.02. The van der Waals surface area contributed by atoms with Gasteiger partial charge in [0.25, 0.3) is 11.6 Å². The Bertz CT molecular complexity index is 1080. The number of ether oxygens (including phenoxy) is 2. The van der Waals surface area contributed by atoms with Crippen molar-refractivity contribution in [1.29, 1.82) is 0 Å². The standard InChI is InChI=1S/C21H17BrN2O5/c1-28-16-5-3-4-13(10-16)17-11-14(6-9-20(17)29-2)21(25)23-15-7-8-18(22)19(12-15)24(26)27/h3-12H,1-2H3,(H,23,25). The summed E-state index contributed by atoms with van der Waals surface area (Å²) in [6.45, 7) is 0. The molecule has 3 aromatic rings. The molecule has 0 heterocycles. The van der Waals surface area contributed by atoms with Crippen LogP contribution in [-0.2, 0) is 0 Å². The summed E-state index contributed by atoms with van der Waals surface area (Å²) in [5.41, 5.74) is 2.13. The zero-order valence-corrected chi connectivity index (χ0v) is 17.2. The predicted octanol–water partition coefficient (Wildman–Crippen LogP) is 5.29. The van der Waals surface area contributed by atoms with Gasteiger partial charge < -0.3 is 14.8 Å². The summed E-state index contributed by atoms with van der Waals surface area (Å²) in [6, 6.07) is 16.8. The number of carbonyl (C=O) groups excluding carboxylic acids is 1. The van der Waals surface area contributed by atoms with Gasteiger partial charge in [0, 0.05) is 22.9 Å². The van der Waals surface area contributed by atoms with Crippen LogP contribution in [-0.4, -0.2) is 25.1 Å². The third kappa shape index (κ3) is 4.55. The molecule has 0 aromatic heterocycles. The van der Waals surface area contributed by atoms with Gasteiger partial charge in [-0.05, 0) is 64.0 Å². The second-order valence-corrected chi connectivity index (χ2v) is 6.88.